The van der Waals surface area contributed by atoms with Crippen molar-refractivity contribution in [2.45, 2.75) is 20.4 Å². The first-order valence-corrected chi connectivity index (χ1v) is 4.17. The normalized spacial score (nSPS) is 8.47. The molecule has 15 heavy (non-hydrogen) atoms. The molecule has 4 N–H and O–H groups in total. The van der Waals surface area contributed by atoms with Crippen molar-refractivity contribution in [1.29, 1.82) is 0 Å². The Morgan fingerprint density at radius 2 is 1.87 bits per heavy atom. The minimum Gasteiger partial charge on any atom is -0.329 e. The molecule has 0 aliphatic rings. The molecule has 0 aromatic carbocycles. The zero-order valence-corrected chi connectivity index (χ0v) is 11.3. The Kier molecular flexibility index (Phi) is 14.3. The van der Waals surface area contributed by atoms with Crippen LogP contribution in [0.2, 0.25) is 0 Å². The van der Waals surface area contributed by atoms with Gasteiger partial charge in [-0.15, -0.1) is 37.2 Å². The minimum atomic E-state index is 0. The van der Waals surface area contributed by atoms with E-state index in [-0.39, 0.29) is 37.2 Å². The molecular formula is C8H19Cl3N4. The van der Waals surface area contributed by atoms with Crippen molar-refractivity contribution in [3.8, 4) is 0 Å². The molecule has 92 valence electrons. The van der Waals surface area contributed by atoms with Gasteiger partial charge in [0.2, 0.25) is 0 Å². The summed E-state index contributed by atoms with van der Waals surface area (Å²) < 4.78 is 0. The number of aryl methyl sites for hydroxylation is 2. The lowest BCUT2D eigenvalue weighted by Crippen LogP contribution is -2.22. The van der Waals surface area contributed by atoms with E-state index in [0.29, 0.717) is 6.54 Å². The SMILES string of the molecule is Cc1n[nH]c(C)c1CNCCN.Cl.Cl.Cl. The van der Waals surface area contributed by atoms with Gasteiger partial charge in [-0.2, -0.15) is 5.10 Å². The molecule has 0 saturated carbocycles. The highest BCUT2D eigenvalue weighted by Crippen LogP contribution is 2.07. The Labute approximate surface area is 109 Å². The number of aromatic nitrogens is 2. The molecule has 0 spiro atoms. The van der Waals surface area contributed by atoms with Gasteiger partial charge in [0.1, 0.15) is 0 Å². The molecule has 0 saturated heterocycles. The summed E-state index contributed by atoms with van der Waals surface area (Å²) in [5, 5.41) is 10.3. The molecule has 4 nitrogen and oxygen atoms in total. The maximum absolute atomic E-state index is 5.36. The Morgan fingerprint density at radius 3 is 2.27 bits per heavy atom. The van der Waals surface area contributed by atoms with Crippen LogP contribution in [-0.4, -0.2) is 23.3 Å². The molecule has 7 heteroatoms. The zero-order valence-electron chi connectivity index (χ0n) is 8.87. The molecule has 0 aliphatic carbocycles. The average molecular weight is 278 g/mol. The predicted octanol–water partition coefficient (Wildman–Crippen LogP) is 1.34. The van der Waals surface area contributed by atoms with Gasteiger partial charge < -0.3 is 11.1 Å². The monoisotopic (exact) mass is 276 g/mol. The summed E-state index contributed by atoms with van der Waals surface area (Å²) in [7, 11) is 0. The van der Waals surface area contributed by atoms with Crippen LogP contribution in [0.25, 0.3) is 0 Å². The Balaban J connectivity index is -0.000000480. The van der Waals surface area contributed by atoms with Crippen LogP contribution in [0.5, 0.6) is 0 Å². The minimum absolute atomic E-state index is 0. The van der Waals surface area contributed by atoms with E-state index < -0.39 is 0 Å². The molecular weight excluding hydrogens is 258 g/mol. The van der Waals surface area contributed by atoms with Crippen molar-refractivity contribution < 1.29 is 0 Å². The number of nitrogens with one attached hydrogen (secondary N) is 2. The average Bonchev–Trinajstić information content (AvgIpc) is 2.35. The van der Waals surface area contributed by atoms with Crippen LogP contribution in [-0.2, 0) is 6.54 Å². The molecule has 1 rings (SSSR count). The van der Waals surface area contributed by atoms with Gasteiger partial charge in [-0.25, -0.2) is 0 Å². The summed E-state index contributed by atoms with van der Waals surface area (Å²) >= 11 is 0. The van der Waals surface area contributed by atoms with Gasteiger partial charge in [-0.3, -0.25) is 5.10 Å². The topological polar surface area (TPSA) is 66.7 Å². The Bertz CT molecular complexity index is 233. The number of hydrogen-bond acceptors (Lipinski definition) is 3. The number of H-pyrrole nitrogens is 1. The van der Waals surface area contributed by atoms with Crippen molar-refractivity contribution >= 4 is 37.2 Å². The van der Waals surface area contributed by atoms with E-state index in [2.05, 4.69) is 15.5 Å². The van der Waals surface area contributed by atoms with Crippen LogP contribution in [0.4, 0.5) is 0 Å². The zero-order chi connectivity index (χ0) is 8.97. The highest BCUT2D eigenvalue weighted by molar-refractivity contribution is 5.86. The standard InChI is InChI=1S/C8H16N4.3ClH/c1-6-8(5-10-4-3-9)7(2)12-11-6;;;/h10H,3-5,9H2,1-2H3,(H,11,12);3*1H. The number of halogens is 3. The van der Waals surface area contributed by atoms with E-state index >= 15 is 0 Å². The Morgan fingerprint density at radius 1 is 1.27 bits per heavy atom. The quantitative estimate of drug-likeness (QED) is 0.728. The highest BCUT2D eigenvalue weighted by Gasteiger charge is 2.03. The second-order valence-electron chi connectivity index (χ2n) is 2.88. The molecule has 1 heterocycles. The lowest BCUT2D eigenvalue weighted by molar-refractivity contribution is 0.690. The molecule has 0 bridgehead atoms. The van der Waals surface area contributed by atoms with E-state index in [9.17, 15) is 0 Å². The molecule has 0 radical (unpaired) electrons. The number of hydrogen-bond donors (Lipinski definition) is 3. The first kappa shape index (κ1) is 20.4. The summed E-state index contributed by atoms with van der Waals surface area (Å²) in [6, 6.07) is 0. The van der Waals surface area contributed by atoms with Gasteiger partial charge in [-0.1, -0.05) is 0 Å². The van der Waals surface area contributed by atoms with Crippen molar-refractivity contribution in [3.05, 3.63) is 17.0 Å². The fraction of sp³-hybridized carbons (Fsp3) is 0.625. The van der Waals surface area contributed by atoms with Gasteiger partial charge in [-0.05, 0) is 13.8 Å². The summed E-state index contributed by atoms with van der Waals surface area (Å²) in [6.07, 6.45) is 0. The molecule has 1 aromatic rings. The van der Waals surface area contributed by atoms with E-state index in [1.54, 1.807) is 0 Å². The molecule has 0 amide bonds. The largest absolute Gasteiger partial charge is 0.329 e. The third kappa shape index (κ3) is 6.22. The first-order chi connectivity index (χ1) is 5.75. The van der Waals surface area contributed by atoms with E-state index in [0.717, 1.165) is 24.5 Å². The maximum Gasteiger partial charge on any atom is 0.0638 e. The van der Waals surface area contributed by atoms with Gasteiger partial charge in [0, 0.05) is 30.9 Å². The van der Waals surface area contributed by atoms with Crippen LogP contribution in [0.1, 0.15) is 17.0 Å². The number of nitrogens with two attached hydrogens (primary N) is 1. The number of nitrogens with zero attached hydrogens (tertiary/aromatic N) is 1. The number of rotatable bonds is 4. The van der Waals surface area contributed by atoms with Crippen molar-refractivity contribution in [1.82, 2.24) is 15.5 Å². The van der Waals surface area contributed by atoms with Gasteiger partial charge in [0.25, 0.3) is 0 Å². The maximum atomic E-state index is 5.36. The van der Waals surface area contributed by atoms with Crippen molar-refractivity contribution in [3.63, 3.8) is 0 Å². The van der Waals surface area contributed by atoms with Crippen molar-refractivity contribution in [2.24, 2.45) is 5.73 Å². The first-order valence-electron chi connectivity index (χ1n) is 4.17. The smallest absolute Gasteiger partial charge is 0.0638 e. The fourth-order valence-electron chi connectivity index (χ4n) is 1.15. The lowest BCUT2D eigenvalue weighted by Gasteiger charge is -2.02. The van der Waals surface area contributed by atoms with Gasteiger partial charge in [0.15, 0.2) is 0 Å². The van der Waals surface area contributed by atoms with Crippen LogP contribution in [0.3, 0.4) is 0 Å². The van der Waals surface area contributed by atoms with Crippen LogP contribution in [0, 0.1) is 13.8 Å². The molecule has 0 atom stereocenters. The lowest BCUT2D eigenvalue weighted by atomic mass is 10.2. The van der Waals surface area contributed by atoms with Crippen LogP contribution in [0.15, 0.2) is 0 Å². The van der Waals surface area contributed by atoms with Crippen LogP contribution < -0.4 is 11.1 Å². The molecule has 1 aromatic heterocycles. The summed E-state index contributed by atoms with van der Waals surface area (Å²) in [5.74, 6) is 0. The Hall–Kier alpha value is -0.000000000000000111. The second-order valence-corrected chi connectivity index (χ2v) is 2.88. The summed E-state index contributed by atoms with van der Waals surface area (Å²) in [4.78, 5) is 0. The van der Waals surface area contributed by atoms with Gasteiger partial charge in [0.05, 0.1) is 5.69 Å². The van der Waals surface area contributed by atoms with E-state index in [4.69, 9.17) is 5.73 Å². The summed E-state index contributed by atoms with van der Waals surface area (Å²) in [6.45, 7) is 6.41. The highest BCUT2D eigenvalue weighted by atomic mass is 35.5. The molecule has 0 aliphatic heterocycles. The third-order valence-corrected chi connectivity index (χ3v) is 1.90. The second kappa shape index (κ2) is 10.5. The van der Waals surface area contributed by atoms with Crippen molar-refractivity contribution in [2.75, 3.05) is 13.1 Å². The van der Waals surface area contributed by atoms with Gasteiger partial charge >= 0.3 is 0 Å². The van der Waals surface area contributed by atoms with E-state index in [1.165, 1.54) is 5.56 Å². The fourth-order valence-corrected chi connectivity index (χ4v) is 1.15. The van der Waals surface area contributed by atoms with Crippen LogP contribution >= 0.6 is 37.2 Å². The predicted molar refractivity (Wildman–Crippen MR) is 70.6 cm³/mol. The summed E-state index contributed by atoms with van der Waals surface area (Å²) in [5.41, 5.74) is 8.81. The molecule has 0 unspecified atom stereocenters. The molecule has 0 fully saturated rings. The van der Waals surface area contributed by atoms with E-state index in [1.807, 2.05) is 13.8 Å². The third-order valence-electron chi connectivity index (χ3n) is 1.90. The number of aromatic amines is 1.